The molecule has 0 unspecified atom stereocenters. The molecule has 3 aromatic rings. The van der Waals surface area contributed by atoms with Crippen LogP contribution < -0.4 is 10.5 Å². The maximum atomic E-state index is 13.3. The van der Waals surface area contributed by atoms with E-state index in [1.54, 1.807) is 13.3 Å². The lowest BCUT2D eigenvalue weighted by atomic mass is 9.64. The third-order valence-electron chi connectivity index (χ3n) is 10.6. The Labute approximate surface area is 288 Å². The minimum atomic E-state index is -0.831. The lowest BCUT2D eigenvalue weighted by Crippen LogP contribution is -2.49. The fourth-order valence-electron chi connectivity index (χ4n) is 8.15. The number of benzene rings is 2. The van der Waals surface area contributed by atoms with Crippen LogP contribution in [0, 0.1) is 5.92 Å². The van der Waals surface area contributed by atoms with Crippen molar-refractivity contribution in [3.05, 3.63) is 95.8 Å². The van der Waals surface area contributed by atoms with Gasteiger partial charge in [0, 0.05) is 62.9 Å². The Hall–Kier alpha value is -3.30. The van der Waals surface area contributed by atoms with Gasteiger partial charge in [-0.05, 0) is 102 Å². The van der Waals surface area contributed by atoms with E-state index >= 15 is 0 Å². The minimum Gasteiger partial charge on any atom is -0.496 e. The number of rotatable bonds is 18. The molecule has 5 rings (SSSR count). The third kappa shape index (κ3) is 8.83. The summed E-state index contributed by atoms with van der Waals surface area (Å²) in [6.07, 6.45) is 10.3. The van der Waals surface area contributed by atoms with E-state index in [1.807, 2.05) is 48.7 Å². The molecule has 2 aliphatic rings. The van der Waals surface area contributed by atoms with Crippen molar-refractivity contribution < 1.29 is 14.3 Å². The number of nitrogens with zero attached hydrogens (tertiary/aromatic N) is 4. The third-order valence-corrected chi connectivity index (χ3v) is 10.6. The summed E-state index contributed by atoms with van der Waals surface area (Å²) >= 11 is 0. The van der Waals surface area contributed by atoms with Gasteiger partial charge in [0.25, 0.3) is 0 Å². The molecule has 8 nitrogen and oxygen atoms in total. The number of nitrogens with two attached hydrogens (primary N) is 1. The monoisotopic (exact) mass is 655 g/mol. The van der Waals surface area contributed by atoms with Gasteiger partial charge in [0.2, 0.25) is 5.91 Å². The van der Waals surface area contributed by atoms with Gasteiger partial charge in [0.15, 0.2) is 0 Å². The van der Waals surface area contributed by atoms with Crippen LogP contribution >= 0.6 is 0 Å². The fraction of sp³-hybridized carbons (Fsp3) is 0.550. The molecule has 0 bridgehead atoms. The van der Waals surface area contributed by atoms with E-state index in [0.717, 1.165) is 102 Å². The quantitative estimate of drug-likeness (QED) is 0.175. The molecule has 0 spiro atoms. The SMILES string of the molecule is COc1ccncc1CN1CCC(N(CCCCOCCCN2CC[C@@H](C(C(N)=O)(c3ccccc3)c3ccccc3)C2)C(C)C)CC1. The summed E-state index contributed by atoms with van der Waals surface area (Å²) in [5.41, 5.74) is 8.58. The van der Waals surface area contributed by atoms with Gasteiger partial charge in [-0.2, -0.15) is 0 Å². The molecule has 260 valence electrons. The van der Waals surface area contributed by atoms with Crippen LogP contribution in [0.2, 0.25) is 0 Å². The Bertz CT molecular complexity index is 1340. The van der Waals surface area contributed by atoms with Crippen LogP contribution in [0.3, 0.4) is 0 Å². The highest BCUT2D eigenvalue weighted by Gasteiger charge is 2.49. The Morgan fingerprint density at radius 1 is 0.917 bits per heavy atom. The highest BCUT2D eigenvalue weighted by molar-refractivity contribution is 5.91. The number of likely N-dealkylation sites (tertiary alicyclic amines) is 2. The molecule has 8 heteroatoms. The fourth-order valence-corrected chi connectivity index (χ4v) is 8.15. The Morgan fingerprint density at radius 2 is 1.56 bits per heavy atom. The van der Waals surface area contributed by atoms with E-state index < -0.39 is 5.41 Å². The molecule has 48 heavy (non-hydrogen) atoms. The number of methoxy groups -OCH3 is 1. The van der Waals surface area contributed by atoms with Crippen LogP contribution in [-0.4, -0.2) is 97.3 Å². The predicted molar refractivity (Wildman–Crippen MR) is 193 cm³/mol. The van der Waals surface area contributed by atoms with Crippen LogP contribution in [0.4, 0.5) is 0 Å². The summed E-state index contributed by atoms with van der Waals surface area (Å²) in [4.78, 5) is 25.4. The van der Waals surface area contributed by atoms with Crippen molar-refractivity contribution in [3.8, 4) is 5.75 Å². The molecule has 1 atom stereocenters. The molecule has 0 radical (unpaired) electrons. The van der Waals surface area contributed by atoms with E-state index in [0.29, 0.717) is 12.1 Å². The van der Waals surface area contributed by atoms with Crippen molar-refractivity contribution in [2.24, 2.45) is 11.7 Å². The first-order valence-electron chi connectivity index (χ1n) is 18.1. The van der Waals surface area contributed by atoms with Gasteiger partial charge >= 0.3 is 0 Å². The number of hydrogen-bond acceptors (Lipinski definition) is 7. The van der Waals surface area contributed by atoms with Gasteiger partial charge in [-0.25, -0.2) is 0 Å². The molecule has 2 aromatic carbocycles. The van der Waals surface area contributed by atoms with Crippen molar-refractivity contribution in [3.63, 3.8) is 0 Å². The smallest absolute Gasteiger partial charge is 0.232 e. The van der Waals surface area contributed by atoms with Crippen LogP contribution in [0.15, 0.2) is 79.1 Å². The maximum Gasteiger partial charge on any atom is 0.232 e. The predicted octanol–water partition coefficient (Wildman–Crippen LogP) is 5.75. The van der Waals surface area contributed by atoms with Gasteiger partial charge in [-0.1, -0.05) is 60.7 Å². The zero-order chi connectivity index (χ0) is 33.8. The molecular formula is C40H57N5O3. The molecule has 2 aliphatic heterocycles. The lowest BCUT2D eigenvalue weighted by molar-refractivity contribution is -0.123. The number of primary amides is 1. The van der Waals surface area contributed by atoms with Crippen LogP contribution in [-0.2, 0) is 21.5 Å². The second-order valence-corrected chi connectivity index (χ2v) is 13.9. The molecule has 0 aliphatic carbocycles. The van der Waals surface area contributed by atoms with Gasteiger partial charge in [0.05, 0.1) is 7.11 Å². The molecule has 0 saturated carbocycles. The first kappa shape index (κ1) is 36.0. The van der Waals surface area contributed by atoms with E-state index in [4.69, 9.17) is 15.2 Å². The highest BCUT2D eigenvalue weighted by atomic mass is 16.5. The molecule has 3 heterocycles. The maximum absolute atomic E-state index is 13.3. The average molecular weight is 656 g/mol. The van der Waals surface area contributed by atoms with Crippen LogP contribution in [0.1, 0.15) is 69.1 Å². The minimum absolute atomic E-state index is 0.126. The highest BCUT2D eigenvalue weighted by Crippen LogP contribution is 2.43. The first-order valence-corrected chi connectivity index (χ1v) is 18.1. The van der Waals surface area contributed by atoms with E-state index in [-0.39, 0.29) is 11.8 Å². The number of carbonyl (C=O) groups excluding carboxylic acids is 1. The average Bonchev–Trinajstić information content (AvgIpc) is 3.58. The van der Waals surface area contributed by atoms with Crippen LogP contribution in [0.5, 0.6) is 5.75 Å². The number of unbranched alkanes of at least 4 members (excludes halogenated alkanes) is 1. The number of aromatic nitrogens is 1. The molecule has 2 N–H and O–H groups in total. The van der Waals surface area contributed by atoms with Gasteiger partial charge in [0.1, 0.15) is 11.2 Å². The largest absolute Gasteiger partial charge is 0.496 e. The zero-order valence-electron chi connectivity index (χ0n) is 29.4. The number of amides is 1. The van der Waals surface area contributed by atoms with Crippen molar-refractivity contribution >= 4 is 5.91 Å². The summed E-state index contributed by atoms with van der Waals surface area (Å²) in [6, 6.07) is 23.4. The standard InChI is InChI=1S/C40H57N5O3/c1-32(2)45(37-19-25-44(26-20-37)30-33-29-42-21-17-38(33)47-3)23-10-11-27-48-28-12-22-43-24-18-36(31-43)40(39(41)46,34-13-6-4-7-14-34)35-15-8-5-9-16-35/h4-9,13-17,21,29,32,36-37H,10-12,18-20,22-28,30-31H2,1-3H3,(H2,41,46)/t36-/m1/s1. The number of carbonyl (C=O) groups is 1. The summed E-state index contributed by atoms with van der Waals surface area (Å²) < 4.78 is 11.6. The number of hydrogen-bond donors (Lipinski definition) is 1. The molecule has 1 amide bonds. The summed E-state index contributed by atoms with van der Waals surface area (Å²) in [7, 11) is 1.73. The summed E-state index contributed by atoms with van der Waals surface area (Å²) in [6.45, 7) is 13.3. The second kappa shape index (κ2) is 17.9. The molecule has 1 aromatic heterocycles. The van der Waals surface area contributed by atoms with Crippen molar-refractivity contribution in [1.29, 1.82) is 0 Å². The summed E-state index contributed by atoms with van der Waals surface area (Å²) in [5.74, 6) is 0.789. The number of ether oxygens (including phenoxy) is 2. The summed E-state index contributed by atoms with van der Waals surface area (Å²) in [5, 5.41) is 0. The van der Waals surface area contributed by atoms with Crippen LogP contribution in [0.25, 0.3) is 0 Å². The topological polar surface area (TPSA) is 84.2 Å². The van der Waals surface area contributed by atoms with Crippen molar-refractivity contribution in [2.45, 2.75) is 76.4 Å². The number of piperidine rings is 1. The van der Waals surface area contributed by atoms with Crippen molar-refractivity contribution in [1.82, 2.24) is 19.7 Å². The second-order valence-electron chi connectivity index (χ2n) is 13.9. The van der Waals surface area contributed by atoms with E-state index in [2.05, 4.69) is 57.8 Å². The van der Waals surface area contributed by atoms with E-state index in [9.17, 15) is 4.79 Å². The first-order chi connectivity index (χ1) is 23.4. The molecule has 2 saturated heterocycles. The zero-order valence-corrected chi connectivity index (χ0v) is 29.4. The Morgan fingerprint density at radius 3 is 2.19 bits per heavy atom. The lowest BCUT2D eigenvalue weighted by Gasteiger charge is -2.40. The van der Waals surface area contributed by atoms with Gasteiger partial charge in [-0.15, -0.1) is 0 Å². The normalized spacial score (nSPS) is 18.1. The Kier molecular flexibility index (Phi) is 13.4. The van der Waals surface area contributed by atoms with Gasteiger partial charge < -0.3 is 20.1 Å². The number of pyridine rings is 1. The van der Waals surface area contributed by atoms with E-state index in [1.165, 1.54) is 18.4 Å². The van der Waals surface area contributed by atoms with Gasteiger partial charge in [-0.3, -0.25) is 19.6 Å². The van der Waals surface area contributed by atoms with Crippen molar-refractivity contribution in [2.75, 3.05) is 59.6 Å². The molecule has 2 fully saturated rings. The Balaban J connectivity index is 1.00. The molecular weight excluding hydrogens is 598 g/mol.